The van der Waals surface area contributed by atoms with Crippen molar-refractivity contribution in [2.75, 3.05) is 5.34 Å². The van der Waals surface area contributed by atoms with Crippen molar-refractivity contribution in [3.63, 3.8) is 0 Å². The molecule has 0 aliphatic heterocycles. The molecule has 0 saturated heterocycles. The first kappa shape index (κ1) is 10.2. The van der Waals surface area contributed by atoms with Gasteiger partial charge in [-0.2, -0.15) is 0 Å². The minimum Gasteiger partial charge on any atom is -0.300 e. The van der Waals surface area contributed by atoms with Crippen LogP contribution in [0.3, 0.4) is 0 Å². The van der Waals surface area contributed by atoms with Gasteiger partial charge in [-0.05, 0) is 12.8 Å². The van der Waals surface area contributed by atoms with Gasteiger partial charge in [-0.1, -0.05) is 6.42 Å². The molecule has 0 radical (unpaired) electrons. The van der Waals surface area contributed by atoms with E-state index in [4.69, 9.17) is 23.2 Å². The van der Waals surface area contributed by atoms with E-state index in [1.165, 1.54) is 6.42 Å². The van der Waals surface area contributed by atoms with Crippen LogP contribution in [0.2, 0.25) is 0 Å². The van der Waals surface area contributed by atoms with Crippen LogP contribution >= 0.6 is 23.2 Å². The standard InChI is InChI=1S/C6H10O.CH2Cl2/c7-6-4-2-1-3-5-6;2-1-3/h1-5H2;1H2. The molecule has 3 heteroatoms. The smallest absolute Gasteiger partial charge is 0.132 e. The zero-order valence-corrected chi connectivity index (χ0v) is 7.42. The van der Waals surface area contributed by atoms with Crippen LogP contribution < -0.4 is 0 Å². The summed E-state index contributed by atoms with van der Waals surface area (Å²) in [5.74, 6) is 0.464. The fraction of sp³-hybridized carbons (Fsp3) is 0.857. The van der Waals surface area contributed by atoms with Gasteiger partial charge in [0.1, 0.15) is 5.78 Å². The second-order valence-corrected chi connectivity index (χ2v) is 3.01. The number of hydrogen-bond donors (Lipinski definition) is 0. The average molecular weight is 183 g/mol. The molecule has 0 aromatic heterocycles. The summed E-state index contributed by atoms with van der Waals surface area (Å²) in [6, 6.07) is 0. The molecule has 60 valence electrons. The summed E-state index contributed by atoms with van der Waals surface area (Å²) in [4.78, 5) is 10.5. The highest BCUT2D eigenvalue weighted by Gasteiger charge is 2.05. The summed E-state index contributed by atoms with van der Waals surface area (Å²) in [7, 11) is 0. The van der Waals surface area contributed by atoms with E-state index in [0.717, 1.165) is 25.7 Å². The number of halogens is 2. The van der Waals surface area contributed by atoms with Gasteiger partial charge >= 0.3 is 0 Å². The lowest BCUT2D eigenvalue weighted by Gasteiger charge is -2.05. The van der Waals surface area contributed by atoms with Crippen molar-refractivity contribution in [2.45, 2.75) is 32.1 Å². The summed E-state index contributed by atoms with van der Waals surface area (Å²) in [6.45, 7) is 0. The Bertz CT molecular complexity index is 85.6. The number of rotatable bonds is 0. The number of carbonyl (C=O) groups excluding carboxylic acids is 1. The second-order valence-electron chi connectivity index (χ2n) is 2.20. The number of alkyl halides is 2. The van der Waals surface area contributed by atoms with E-state index in [9.17, 15) is 4.79 Å². The third-order valence-electron chi connectivity index (χ3n) is 1.41. The number of hydrogen-bond acceptors (Lipinski definition) is 1. The van der Waals surface area contributed by atoms with Crippen molar-refractivity contribution >= 4 is 29.0 Å². The molecule has 1 aliphatic carbocycles. The van der Waals surface area contributed by atoms with E-state index < -0.39 is 0 Å². The monoisotopic (exact) mass is 182 g/mol. The summed E-state index contributed by atoms with van der Waals surface area (Å²) in [5.41, 5.74) is 0. The van der Waals surface area contributed by atoms with Crippen molar-refractivity contribution < 1.29 is 4.79 Å². The first-order chi connectivity index (χ1) is 4.81. The molecule has 0 spiro atoms. The first-order valence-corrected chi connectivity index (χ1v) is 4.51. The molecule has 0 aromatic rings. The largest absolute Gasteiger partial charge is 0.300 e. The highest BCUT2D eigenvalue weighted by atomic mass is 35.5. The van der Waals surface area contributed by atoms with Crippen LogP contribution in [-0.2, 0) is 4.79 Å². The average Bonchev–Trinajstić information content (AvgIpc) is 1.91. The second kappa shape index (κ2) is 7.36. The molecule has 0 aromatic carbocycles. The van der Waals surface area contributed by atoms with E-state index >= 15 is 0 Å². The van der Waals surface area contributed by atoms with E-state index in [1.54, 1.807) is 0 Å². The van der Waals surface area contributed by atoms with E-state index in [2.05, 4.69) is 0 Å². The van der Waals surface area contributed by atoms with Crippen LogP contribution in [0.25, 0.3) is 0 Å². The molecule has 1 saturated carbocycles. The fourth-order valence-electron chi connectivity index (χ4n) is 0.946. The topological polar surface area (TPSA) is 17.1 Å². The molecule has 0 unspecified atom stereocenters. The van der Waals surface area contributed by atoms with Crippen molar-refractivity contribution in [1.29, 1.82) is 0 Å². The van der Waals surface area contributed by atoms with Crippen molar-refractivity contribution in [3.8, 4) is 0 Å². The van der Waals surface area contributed by atoms with E-state index in [-0.39, 0.29) is 5.34 Å². The summed E-state index contributed by atoms with van der Waals surface area (Å²) >= 11 is 9.53. The van der Waals surface area contributed by atoms with Crippen molar-refractivity contribution in [1.82, 2.24) is 0 Å². The lowest BCUT2D eigenvalue weighted by atomic mass is 10.00. The number of ketones is 1. The van der Waals surface area contributed by atoms with Gasteiger partial charge in [0, 0.05) is 12.8 Å². The highest BCUT2D eigenvalue weighted by Crippen LogP contribution is 2.12. The Morgan fingerprint density at radius 3 is 1.70 bits per heavy atom. The number of Topliss-reactive ketones (excluding diaryl/α,β-unsaturated/α-hetero) is 1. The van der Waals surface area contributed by atoms with Gasteiger partial charge in [0.2, 0.25) is 0 Å². The quantitative estimate of drug-likeness (QED) is 0.527. The Morgan fingerprint density at radius 1 is 1.10 bits per heavy atom. The minimum atomic E-state index is 0.194. The lowest BCUT2D eigenvalue weighted by Crippen LogP contribution is -2.02. The Labute approximate surface area is 71.7 Å². The van der Waals surface area contributed by atoms with E-state index in [0.29, 0.717) is 5.78 Å². The number of carbonyl (C=O) groups is 1. The highest BCUT2D eigenvalue weighted by molar-refractivity contribution is 6.40. The molecular weight excluding hydrogens is 171 g/mol. The molecule has 0 N–H and O–H groups in total. The predicted molar refractivity (Wildman–Crippen MR) is 44.7 cm³/mol. The third-order valence-corrected chi connectivity index (χ3v) is 1.41. The fourth-order valence-corrected chi connectivity index (χ4v) is 0.946. The maximum Gasteiger partial charge on any atom is 0.132 e. The van der Waals surface area contributed by atoms with Crippen molar-refractivity contribution in [2.24, 2.45) is 0 Å². The van der Waals surface area contributed by atoms with Gasteiger partial charge in [0.25, 0.3) is 0 Å². The van der Waals surface area contributed by atoms with Gasteiger partial charge in [-0.15, -0.1) is 23.2 Å². The molecule has 1 fully saturated rings. The Kier molecular flexibility index (Phi) is 7.54. The van der Waals surface area contributed by atoms with Crippen LogP contribution in [0.4, 0.5) is 0 Å². The SMILES string of the molecule is ClCCl.O=C1CCCCC1. The normalized spacial score (nSPS) is 17.6. The molecule has 1 rings (SSSR count). The van der Waals surface area contributed by atoms with Gasteiger partial charge < -0.3 is 0 Å². The van der Waals surface area contributed by atoms with Gasteiger partial charge in [0.15, 0.2) is 0 Å². The van der Waals surface area contributed by atoms with E-state index in [1.807, 2.05) is 0 Å². The molecule has 0 bridgehead atoms. The summed E-state index contributed by atoms with van der Waals surface area (Å²) in [6.07, 6.45) is 5.24. The Hall–Kier alpha value is 0.250. The van der Waals surface area contributed by atoms with Gasteiger partial charge in [-0.3, -0.25) is 4.79 Å². The molecule has 10 heavy (non-hydrogen) atoms. The Morgan fingerprint density at radius 2 is 1.50 bits per heavy atom. The van der Waals surface area contributed by atoms with Crippen LogP contribution in [0.1, 0.15) is 32.1 Å². The summed E-state index contributed by atoms with van der Waals surface area (Å²) < 4.78 is 0. The zero-order chi connectivity index (χ0) is 7.82. The first-order valence-electron chi connectivity index (χ1n) is 3.45. The molecular formula is C7H12Cl2O. The molecule has 0 heterocycles. The maximum atomic E-state index is 10.5. The third kappa shape index (κ3) is 6.37. The van der Waals surface area contributed by atoms with Crippen LogP contribution in [0.5, 0.6) is 0 Å². The summed E-state index contributed by atoms with van der Waals surface area (Å²) in [5, 5.41) is 0.194. The van der Waals surface area contributed by atoms with Gasteiger partial charge in [0.05, 0.1) is 5.34 Å². The van der Waals surface area contributed by atoms with Gasteiger partial charge in [-0.25, -0.2) is 0 Å². The zero-order valence-electron chi connectivity index (χ0n) is 5.91. The van der Waals surface area contributed by atoms with Crippen LogP contribution in [0, 0.1) is 0 Å². The molecule has 1 aliphatic rings. The lowest BCUT2D eigenvalue weighted by molar-refractivity contribution is -0.120. The Balaban J connectivity index is 0.000000236. The van der Waals surface area contributed by atoms with Crippen molar-refractivity contribution in [3.05, 3.63) is 0 Å². The minimum absolute atomic E-state index is 0.194. The molecule has 0 atom stereocenters. The molecule has 0 amide bonds. The maximum absolute atomic E-state index is 10.5. The predicted octanol–water partition coefficient (Wildman–Crippen LogP) is 2.94. The van der Waals surface area contributed by atoms with Crippen LogP contribution in [0.15, 0.2) is 0 Å². The molecule has 1 nitrogen and oxygen atoms in total. The van der Waals surface area contributed by atoms with Crippen LogP contribution in [-0.4, -0.2) is 11.1 Å².